The van der Waals surface area contributed by atoms with Gasteiger partial charge in [-0.1, -0.05) is 17.7 Å². The minimum Gasteiger partial charge on any atom is -0.459 e. The number of nitro benzene ring substituents is 1. The summed E-state index contributed by atoms with van der Waals surface area (Å²) in [4.78, 5) is 22.3. The minimum absolute atomic E-state index is 0.129. The van der Waals surface area contributed by atoms with Gasteiger partial charge in [0, 0.05) is 28.3 Å². The number of benzene rings is 2. The van der Waals surface area contributed by atoms with E-state index in [1.165, 1.54) is 24.3 Å². The zero-order valence-corrected chi connectivity index (χ0v) is 13.7. The Labute approximate surface area is 148 Å². The molecule has 1 aromatic heterocycles. The SMILES string of the molecule is O=C(NCc1ccc(-c2ccc(Cl)cc2)o1)c1cccc([N+](=O)[O-])c1. The van der Waals surface area contributed by atoms with E-state index in [1.54, 1.807) is 24.3 Å². The van der Waals surface area contributed by atoms with Gasteiger partial charge in [-0.25, -0.2) is 0 Å². The van der Waals surface area contributed by atoms with Crippen LogP contribution in [0, 0.1) is 10.1 Å². The van der Waals surface area contributed by atoms with Crippen molar-refractivity contribution < 1.29 is 14.1 Å². The molecule has 1 amide bonds. The van der Waals surface area contributed by atoms with Crippen LogP contribution in [-0.2, 0) is 6.54 Å². The highest BCUT2D eigenvalue weighted by atomic mass is 35.5. The van der Waals surface area contributed by atoms with Crippen molar-refractivity contribution in [1.29, 1.82) is 0 Å². The van der Waals surface area contributed by atoms with Crippen molar-refractivity contribution in [3.8, 4) is 11.3 Å². The first-order valence-electron chi connectivity index (χ1n) is 7.40. The van der Waals surface area contributed by atoms with Gasteiger partial charge >= 0.3 is 0 Å². The molecule has 2 aromatic carbocycles. The zero-order valence-electron chi connectivity index (χ0n) is 12.9. The summed E-state index contributed by atoms with van der Waals surface area (Å²) in [5.74, 6) is 0.827. The van der Waals surface area contributed by atoms with Crippen molar-refractivity contribution >= 4 is 23.2 Å². The molecular weight excluding hydrogens is 344 g/mol. The van der Waals surface area contributed by atoms with Crippen molar-refractivity contribution in [1.82, 2.24) is 5.32 Å². The molecule has 0 fully saturated rings. The van der Waals surface area contributed by atoms with E-state index in [0.717, 1.165) is 5.56 Å². The fourth-order valence-corrected chi connectivity index (χ4v) is 2.40. The molecule has 7 heteroatoms. The molecule has 25 heavy (non-hydrogen) atoms. The monoisotopic (exact) mass is 356 g/mol. The fraction of sp³-hybridized carbons (Fsp3) is 0.0556. The van der Waals surface area contributed by atoms with Gasteiger partial charge in [-0.05, 0) is 42.5 Å². The average molecular weight is 357 g/mol. The van der Waals surface area contributed by atoms with Crippen molar-refractivity contribution in [2.75, 3.05) is 0 Å². The maximum Gasteiger partial charge on any atom is 0.270 e. The van der Waals surface area contributed by atoms with Crippen LogP contribution in [0.2, 0.25) is 5.02 Å². The first-order valence-corrected chi connectivity index (χ1v) is 7.78. The molecule has 0 aliphatic carbocycles. The lowest BCUT2D eigenvalue weighted by molar-refractivity contribution is -0.384. The van der Waals surface area contributed by atoms with E-state index in [-0.39, 0.29) is 17.8 Å². The van der Waals surface area contributed by atoms with Crippen LogP contribution < -0.4 is 5.32 Å². The second-order valence-electron chi connectivity index (χ2n) is 5.26. The first-order chi connectivity index (χ1) is 12.0. The third-order valence-corrected chi connectivity index (χ3v) is 3.78. The molecule has 0 saturated carbocycles. The van der Waals surface area contributed by atoms with Crippen LogP contribution in [0.1, 0.15) is 16.1 Å². The maximum atomic E-state index is 12.1. The number of non-ortho nitro benzene ring substituents is 1. The average Bonchev–Trinajstić information content (AvgIpc) is 3.09. The Morgan fingerprint density at radius 1 is 1.12 bits per heavy atom. The van der Waals surface area contributed by atoms with Gasteiger partial charge in [0.1, 0.15) is 11.5 Å². The van der Waals surface area contributed by atoms with Gasteiger partial charge in [0.25, 0.3) is 11.6 Å². The van der Waals surface area contributed by atoms with Gasteiger partial charge in [-0.3, -0.25) is 14.9 Å². The smallest absolute Gasteiger partial charge is 0.270 e. The highest BCUT2D eigenvalue weighted by molar-refractivity contribution is 6.30. The van der Waals surface area contributed by atoms with Gasteiger partial charge in [-0.15, -0.1) is 0 Å². The number of rotatable bonds is 5. The van der Waals surface area contributed by atoms with Gasteiger partial charge in [0.05, 0.1) is 11.5 Å². The summed E-state index contributed by atoms with van der Waals surface area (Å²) in [7, 11) is 0. The number of carbonyl (C=O) groups excluding carboxylic acids is 1. The fourth-order valence-electron chi connectivity index (χ4n) is 2.27. The van der Waals surface area contributed by atoms with E-state index in [9.17, 15) is 14.9 Å². The summed E-state index contributed by atoms with van der Waals surface area (Å²) in [6.07, 6.45) is 0. The van der Waals surface area contributed by atoms with E-state index < -0.39 is 10.8 Å². The van der Waals surface area contributed by atoms with Crippen molar-refractivity contribution in [2.45, 2.75) is 6.54 Å². The van der Waals surface area contributed by atoms with E-state index in [4.69, 9.17) is 16.0 Å². The second kappa shape index (κ2) is 7.19. The van der Waals surface area contributed by atoms with E-state index in [1.807, 2.05) is 12.1 Å². The summed E-state index contributed by atoms with van der Waals surface area (Å²) in [6, 6.07) is 16.3. The quantitative estimate of drug-likeness (QED) is 0.541. The molecule has 126 valence electrons. The van der Waals surface area contributed by atoms with Crippen LogP contribution in [0.5, 0.6) is 0 Å². The molecule has 0 aliphatic rings. The van der Waals surface area contributed by atoms with Gasteiger partial charge in [0.15, 0.2) is 0 Å². The molecule has 3 aromatic rings. The van der Waals surface area contributed by atoms with Crippen LogP contribution in [0.3, 0.4) is 0 Å². The molecule has 0 saturated heterocycles. The lowest BCUT2D eigenvalue weighted by atomic mass is 10.2. The minimum atomic E-state index is -0.540. The molecule has 0 atom stereocenters. The second-order valence-corrected chi connectivity index (χ2v) is 5.70. The van der Waals surface area contributed by atoms with E-state index in [0.29, 0.717) is 16.5 Å². The Bertz CT molecular complexity index is 919. The Morgan fingerprint density at radius 2 is 1.88 bits per heavy atom. The van der Waals surface area contributed by atoms with E-state index >= 15 is 0 Å². The highest BCUT2D eigenvalue weighted by Gasteiger charge is 2.12. The summed E-state index contributed by atoms with van der Waals surface area (Å²) in [6.45, 7) is 0.176. The predicted molar refractivity (Wildman–Crippen MR) is 93.4 cm³/mol. The molecule has 3 rings (SSSR count). The predicted octanol–water partition coefficient (Wildman–Crippen LogP) is 4.44. The number of carbonyl (C=O) groups is 1. The Kier molecular flexibility index (Phi) is 4.81. The molecule has 0 aliphatic heterocycles. The third-order valence-electron chi connectivity index (χ3n) is 3.53. The number of nitrogens with one attached hydrogen (secondary N) is 1. The third kappa shape index (κ3) is 4.05. The molecule has 0 unspecified atom stereocenters. The van der Waals surface area contributed by atoms with Crippen LogP contribution in [0.4, 0.5) is 5.69 Å². The Balaban J connectivity index is 1.66. The van der Waals surface area contributed by atoms with Crippen molar-refractivity contribution in [3.63, 3.8) is 0 Å². The lowest BCUT2D eigenvalue weighted by Gasteiger charge is -2.03. The highest BCUT2D eigenvalue weighted by Crippen LogP contribution is 2.23. The van der Waals surface area contributed by atoms with Crippen LogP contribution >= 0.6 is 11.6 Å². The molecule has 1 heterocycles. The molecule has 0 radical (unpaired) electrons. The number of hydrogen-bond donors (Lipinski definition) is 1. The maximum absolute atomic E-state index is 12.1. The number of amides is 1. The van der Waals surface area contributed by atoms with E-state index in [2.05, 4.69) is 5.32 Å². The zero-order chi connectivity index (χ0) is 17.8. The topological polar surface area (TPSA) is 85.4 Å². The number of furan rings is 1. The number of halogens is 1. The van der Waals surface area contributed by atoms with Gasteiger partial charge < -0.3 is 9.73 Å². The Hall–Kier alpha value is -3.12. The summed E-state index contributed by atoms with van der Waals surface area (Å²) < 4.78 is 5.69. The van der Waals surface area contributed by atoms with Gasteiger partial charge in [0.2, 0.25) is 0 Å². The number of nitrogens with zero attached hydrogens (tertiary/aromatic N) is 1. The molecule has 6 nitrogen and oxygen atoms in total. The van der Waals surface area contributed by atoms with Crippen molar-refractivity contribution in [2.24, 2.45) is 0 Å². The van der Waals surface area contributed by atoms with Gasteiger partial charge in [-0.2, -0.15) is 0 Å². The van der Waals surface area contributed by atoms with Crippen LogP contribution in [0.15, 0.2) is 65.1 Å². The standard InChI is InChI=1S/C18H13ClN2O4/c19-14-6-4-12(5-7-14)17-9-8-16(25-17)11-20-18(22)13-2-1-3-15(10-13)21(23)24/h1-10H,11H2,(H,20,22). The number of nitro groups is 1. The molecular formula is C18H13ClN2O4. The van der Waals surface area contributed by atoms with Crippen LogP contribution in [-0.4, -0.2) is 10.8 Å². The lowest BCUT2D eigenvalue weighted by Crippen LogP contribution is -2.22. The normalized spacial score (nSPS) is 10.4. The Morgan fingerprint density at radius 3 is 2.60 bits per heavy atom. The molecule has 0 bridgehead atoms. The van der Waals surface area contributed by atoms with Crippen LogP contribution in [0.25, 0.3) is 11.3 Å². The summed E-state index contributed by atoms with van der Waals surface area (Å²) in [5.41, 5.74) is 0.968. The summed E-state index contributed by atoms with van der Waals surface area (Å²) >= 11 is 5.86. The molecule has 1 N–H and O–H groups in total. The first kappa shape index (κ1) is 16.7. The number of hydrogen-bond acceptors (Lipinski definition) is 4. The molecule has 0 spiro atoms. The van der Waals surface area contributed by atoms with Crippen molar-refractivity contribution in [3.05, 3.63) is 87.1 Å². The largest absolute Gasteiger partial charge is 0.459 e. The summed E-state index contributed by atoms with van der Waals surface area (Å²) in [5, 5.41) is 14.1.